The Labute approximate surface area is 116 Å². The Balaban J connectivity index is 1.96. The van der Waals surface area contributed by atoms with E-state index in [1.807, 2.05) is 0 Å². The Morgan fingerprint density at radius 1 is 1.45 bits per heavy atom. The minimum absolute atomic E-state index is 0.129. The van der Waals surface area contributed by atoms with E-state index in [-0.39, 0.29) is 24.9 Å². The third kappa shape index (κ3) is 3.99. The van der Waals surface area contributed by atoms with Crippen LogP contribution in [0.15, 0.2) is 22.8 Å². The van der Waals surface area contributed by atoms with Crippen molar-refractivity contribution < 1.29 is 22.3 Å². The van der Waals surface area contributed by atoms with Crippen LogP contribution in [-0.4, -0.2) is 25.9 Å². The van der Waals surface area contributed by atoms with Gasteiger partial charge in [0.1, 0.15) is 5.76 Å². The zero-order chi connectivity index (χ0) is 14.6. The fraction of sp³-hybridized carbons (Fsp3) is 0.714. The molecule has 0 bridgehead atoms. The molecule has 0 saturated heterocycles. The van der Waals surface area contributed by atoms with E-state index in [0.717, 1.165) is 6.42 Å². The molecule has 6 heteroatoms. The molecule has 0 spiro atoms. The zero-order valence-electron chi connectivity index (χ0n) is 11.5. The second-order valence-corrected chi connectivity index (χ2v) is 5.29. The van der Waals surface area contributed by atoms with Crippen LogP contribution in [0.3, 0.4) is 0 Å². The van der Waals surface area contributed by atoms with E-state index in [0.29, 0.717) is 18.8 Å². The minimum atomic E-state index is -4.10. The van der Waals surface area contributed by atoms with Crippen LogP contribution in [-0.2, 0) is 4.74 Å². The van der Waals surface area contributed by atoms with Crippen LogP contribution in [0, 0.1) is 5.92 Å². The first-order valence-corrected chi connectivity index (χ1v) is 6.85. The van der Waals surface area contributed by atoms with Crippen molar-refractivity contribution in [1.82, 2.24) is 5.32 Å². The van der Waals surface area contributed by atoms with Crippen molar-refractivity contribution >= 4 is 0 Å². The molecule has 1 aliphatic carbocycles. The molecule has 1 aromatic rings. The number of ether oxygens (including phenoxy) is 1. The molecular formula is C14H20F3NO2. The number of nitrogens with one attached hydrogen (secondary N) is 1. The number of rotatable bonds is 5. The zero-order valence-corrected chi connectivity index (χ0v) is 11.5. The lowest BCUT2D eigenvalue weighted by atomic mass is 9.85. The molecule has 1 aromatic heterocycles. The van der Waals surface area contributed by atoms with Gasteiger partial charge in [-0.05, 0) is 31.4 Å². The summed E-state index contributed by atoms with van der Waals surface area (Å²) in [6.07, 6.45) is -0.824. The fourth-order valence-corrected chi connectivity index (χ4v) is 2.79. The maximum atomic E-state index is 12.8. The molecule has 0 unspecified atom stereocenters. The van der Waals surface area contributed by atoms with Crippen LogP contribution in [0.4, 0.5) is 13.2 Å². The summed E-state index contributed by atoms with van der Waals surface area (Å²) in [5.74, 6) is -0.505. The molecule has 3 nitrogen and oxygen atoms in total. The van der Waals surface area contributed by atoms with Gasteiger partial charge in [0.05, 0.1) is 24.8 Å². The van der Waals surface area contributed by atoms with Gasteiger partial charge in [0, 0.05) is 13.2 Å². The number of hydrogen-bond acceptors (Lipinski definition) is 3. The van der Waals surface area contributed by atoms with E-state index in [1.165, 1.54) is 0 Å². The van der Waals surface area contributed by atoms with E-state index in [4.69, 9.17) is 9.15 Å². The molecule has 0 amide bonds. The summed E-state index contributed by atoms with van der Waals surface area (Å²) in [5.41, 5.74) is 0. The van der Waals surface area contributed by atoms with E-state index >= 15 is 0 Å². The second-order valence-electron chi connectivity index (χ2n) is 5.29. The Morgan fingerprint density at radius 2 is 2.25 bits per heavy atom. The second kappa shape index (κ2) is 6.63. The summed E-state index contributed by atoms with van der Waals surface area (Å²) >= 11 is 0. The predicted octanol–water partition coefficient (Wildman–Crippen LogP) is 3.68. The Hall–Kier alpha value is -1.01. The van der Waals surface area contributed by atoms with Crippen molar-refractivity contribution in [3.8, 4) is 0 Å². The van der Waals surface area contributed by atoms with E-state index < -0.39 is 12.1 Å². The number of alkyl halides is 3. The monoisotopic (exact) mass is 291 g/mol. The van der Waals surface area contributed by atoms with Crippen LogP contribution < -0.4 is 5.32 Å². The lowest BCUT2D eigenvalue weighted by Gasteiger charge is -2.33. The van der Waals surface area contributed by atoms with Crippen LogP contribution in [0.25, 0.3) is 0 Å². The first-order chi connectivity index (χ1) is 9.50. The number of halogens is 3. The van der Waals surface area contributed by atoms with Crippen molar-refractivity contribution in [3.05, 3.63) is 24.2 Å². The average Bonchev–Trinajstić information content (AvgIpc) is 2.91. The summed E-state index contributed by atoms with van der Waals surface area (Å²) in [6.45, 7) is 0.376. The quantitative estimate of drug-likeness (QED) is 0.898. The van der Waals surface area contributed by atoms with Gasteiger partial charge < -0.3 is 14.5 Å². The van der Waals surface area contributed by atoms with Gasteiger partial charge in [-0.15, -0.1) is 0 Å². The van der Waals surface area contributed by atoms with E-state index in [1.54, 1.807) is 25.5 Å². The van der Waals surface area contributed by atoms with Crippen LogP contribution in [0.2, 0.25) is 0 Å². The third-order valence-corrected chi connectivity index (χ3v) is 3.79. The smallest absolute Gasteiger partial charge is 0.391 e. The first-order valence-electron chi connectivity index (χ1n) is 6.85. The molecule has 3 atom stereocenters. The maximum Gasteiger partial charge on any atom is 0.391 e. The number of methoxy groups -OCH3 is 1. The molecule has 1 N–H and O–H groups in total. The van der Waals surface area contributed by atoms with Gasteiger partial charge in [-0.25, -0.2) is 0 Å². The van der Waals surface area contributed by atoms with Gasteiger partial charge in [-0.1, -0.05) is 6.42 Å². The summed E-state index contributed by atoms with van der Waals surface area (Å²) in [4.78, 5) is 0. The molecule has 114 valence electrons. The maximum absolute atomic E-state index is 12.8. The highest BCUT2D eigenvalue weighted by Crippen LogP contribution is 2.38. The lowest BCUT2D eigenvalue weighted by molar-refractivity contribution is -0.184. The van der Waals surface area contributed by atoms with Gasteiger partial charge >= 0.3 is 6.18 Å². The standard InChI is InChI=1S/C14H20F3NO2/c1-19-9-12(13-6-3-7-20-13)18-11-5-2-4-10(8-11)14(15,16)17/h3,6-7,10-12,18H,2,4-5,8-9H2,1H3/t10-,11+,12+/m1/s1. The molecule has 20 heavy (non-hydrogen) atoms. The molecule has 2 rings (SSSR count). The molecule has 1 heterocycles. The third-order valence-electron chi connectivity index (χ3n) is 3.79. The summed E-state index contributed by atoms with van der Waals surface area (Å²) < 4.78 is 48.8. The number of hydrogen-bond donors (Lipinski definition) is 1. The Bertz CT molecular complexity index is 392. The molecule has 0 radical (unpaired) electrons. The van der Waals surface area contributed by atoms with Gasteiger partial charge in [0.15, 0.2) is 0 Å². The largest absolute Gasteiger partial charge is 0.468 e. The Kier molecular flexibility index (Phi) is 5.10. The van der Waals surface area contributed by atoms with Gasteiger partial charge in [0.2, 0.25) is 0 Å². The lowest BCUT2D eigenvalue weighted by Crippen LogP contribution is -2.41. The van der Waals surface area contributed by atoms with Crippen molar-refractivity contribution in [2.75, 3.05) is 13.7 Å². The van der Waals surface area contributed by atoms with Gasteiger partial charge in [0.25, 0.3) is 0 Å². The summed E-state index contributed by atoms with van der Waals surface area (Å²) in [6, 6.07) is 3.22. The van der Waals surface area contributed by atoms with Crippen LogP contribution in [0.5, 0.6) is 0 Å². The fourth-order valence-electron chi connectivity index (χ4n) is 2.79. The summed E-state index contributed by atoms with van der Waals surface area (Å²) in [7, 11) is 1.57. The molecule has 1 fully saturated rings. The normalized spacial score (nSPS) is 25.6. The van der Waals surface area contributed by atoms with Gasteiger partial charge in [-0.2, -0.15) is 13.2 Å². The van der Waals surface area contributed by atoms with Crippen molar-refractivity contribution in [1.29, 1.82) is 0 Å². The van der Waals surface area contributed by atoms with Crippen LogP contribution >= 0.6 is 0 Å². The molecule has 0 aliphatic heterocycles. The van der Waals surface area contributed by atoms with Gasteiger partial charge in [-0.3, -0.25) is 0 Å². The molecule has 0 aromatic carbocycles. The topological polar surface area (TPSA) is 34.4 Å². The van der Waals surface area contributed by atoms with Crippen LogP contribution in [0.1, 0.15) is 37.5 Å². The highest BCUT2D eigenvalue weighted by atomic mass is 19.4. The SMILES string of the molecule is COC[C@H](N[C@H]1CCC[C@@H](C(F)(F)F)C1)c1ccco1. The van der Waals surface area contributed by atoms with Crippen molar-refractivity contribution in [3.63, 3.8) is 0 Å². The Morgan fingerprint density at radius 3 is 2.85 bits per heavy atom. The first kappa shape index (κ1) is 15.4. The predicted molar refractivity (Wildman–Crippen MR) is 68.3 cm³/mol. The number of furan rings is 1. The average molecular weight is 291 g/mol. The molecular weight excluding hydrogens is 271 g/mol. The molecule has 1 saturated carbocycles. The minimum Gasteiger partial charge on any atom is -0.468 e. The summed E-state index contributed by atoms with van der Waals surface area (Å²) in [5, 5.41) is 3.24. The van der Waals surface area contributed by atoms with Crippen molar-refractivity contribution in [2.24, 2.45) is 5.92 Å². The van der Waals surface area contributed by atoms with E-state index in [9.17, 15) is 13.2 Å². The van der Waals surface area contributed by atoms with E-state index in [2.05, 4.69) is 5.32 Å². The molecule has 1 aliphatic rings. The highest BCUT2D eigenvalue weighted by molar-refractivity contribution is 5.05. The highest BCUT2D eigenvalue weighted by Gasteiger charge is 2.42. The van der Waals surface area contributed by atoms with Crippen molar-refractivity contribution in [2.45, 2.75) is 43.9 Å².